The second-order valence-electron chi connectivity index (χ2n) is 23.6. The molecule has 9 fully saturated rings. The van der Waals surface area contributed by atoms with E-state index in [4.69, 9.17) is 0 Å². The van der Waals surface area contributed by atoms with Gasteiger partial charge in [-0.25, -0.2) is 0 Å². The van der Waals surface area contributed by atoms with Gasteiger partial charge in [0.25, 0.3) is 0 Å². The Balaban J connectivity index is 0.970. The summed E-state index contributed by atoms with van der Waals surface area (Å²) < 4.78 is 0. The zero-order valence-electron chi connectivity index (χ0n) is 33.4. The van der Waals surface area contributed by atoms with Crippen molar-refractivity contribution in [2.24, 2.45) is 70.0 Å². The van der Waals surface area contributed by atoms with Gasteiger partial charge in [0.05, 0.1) is 0 Å². The van der Waals surface area contributed by atoms with Crippen LogP contribution in [0.2, 0.25) is 0 Å². The maximum atomic E-state index is 2.85. The van der Waals surface area contributed by atoms with Crippen LogP contribution in [0.15, 0.2) is 71.3 Å². The summed E-state index contributed by atoms with van der Waals surface area (Å²) in [5, 5.41) is 0. The van der Waals surface area contributed by atoms with E-state index in [9.17, 15) is 0 Å². The van der Waals surface area contributed by atoms with Crippen LogP contribution in [0.4, 0.5) is 0 Å². The molecule has 53 heavy (non-hydrogen) atoms. The maximum Gasteiger partial charge on any atom is 0.0196 e. The van der Waals surface area contributed by atoms with Gasteiger partial charge in [0.2, 0.25) is 0 Å². The summed E-state index contributed by atoms with van der Waals surface area (Å²) in [7, 11) is 0. The van der Waals surface area contributed by atoms with Crippen LogP contribution in [0.5, 0.6) is 0 Å². The highest BCUT2D eigenvalue weighted by Crippen LogP contribution is 2.69. The molecule has 5 atom stereocenters. The molecule has 0 heteroatoms. The average molecular weight is 701 g/mol. The molecule has 0 saturated heterocycles. The van der Waals surface area contributed by atoms with Gasteiger partial charge in [-0.05, 0) is 217 Å². The largest absolute Gasteiger partial charge is 0.0851 e. The third kappa shape index (κ3) is 4.32. The summed E-state index contributed by atoms with van der Waals surface area (Å²) in [5.74, 6) is 9.65. The molecule has 0 nitrogen and oxygen atoms in total. The minimum atomic E-state index is 0.142. The second-order valence-corrected chi connectivity index (χ2v) is 23.6. The van der Waals surface area contributed by atoms with Crippen LogP contribution in [0.25, 0.3) is 11.1 Å². The van der Waals surface area contributed by atoms with Crippen LogP contribution in [0.1, 0.15) is 159 Å². The topological polar surface area (TPSA) is 0 Å². The van der Waals surface area contributed by atoms with E-state index in [1.165, 1.54) is 103 Å². The number of rotatable bonds is 4. The average Bonchev–Trinajstić information content (AvgIpc) is 3.94. The molecule has 0 radical (unpaired) electrons. The molecule has 15 rings (SSSR count). The Morgan fingerprint density at radius 2 is 1.09 bits per heavy atom. The number of allylic oxidation sites excluding steroid dienone is 6. The van der Waals surface area contributed by atoms with Crippen LogP contribution in [-0.4, -0.2) is 0 Å². The van der Waals surface area contributed by atoms with Crippen molar-refractivity contribution < 1.29 is 0 Å². The van der Waals surface area contributed by atoms with Crippen molar-refractivity contribution in [1.29, 1.82) is 0 Å². The Hall–Kier alpha value is -2.34. The molecule has 2 aromatic carbocycles. The fraction of sp³-hybridized carbons (Fsp3) is 0.660. The van der Waals surface area contributed by atoms with Gasteiger partial charge in [-0.15, -0.1) is 0 Å². The van der Waals surface area contributed by atoms with Gasteiger partial charge in [0.15, 0.2) is 0 Å². The summed E-state index contributed by atoms with van der Waals surface area (Å²) in [6.45, 7) is 10.2. The van der Waals surface area contributed by atoms with Gasteiger partial charge in [0, 0.05) is 11.3 Å². The predicted molar refractivity (Wildman–Crippen MR) is 218 cm³/mol. The summed E-state index contributed by atoms with van der Waals surface area (Å²) in [6, 6.07) is 16.6. The van der Waals surface area contributed by atoms with E-state index in [1.54, 1.807) is 44.5 Å². The van der Waals surface area contributed by atoms with Gasteiger partial charge in [-0.3, -0.25) is 0 Å². The molecule has 13 aliphatic carbocycles. The molecule has 276 valence electrons. The zero-order valence-corrected chi connectivity index (χ0v) is 33.4. The Morgan fingerprint density at radius 1 is 0.585 bits per heavy atom. The smallest absolute Gasteiger partial charge is 0.0196 e. The van der Waals surface area contributed by atoms with E-state index in [0.29, 0.717) is 16.7 Å². The Kier molecular flexibility index (Phi) is 6.21. The molecule has 5 unspecified atom stereocenters. The van der Waals surface area contributed by atoms with Gasteiger partial charge < -0.3 is 0 Å². The highest BCUT2D eigenvalue weighted by atomic mass is 14.6. The lowest BCUT2D eigenvalue weighted by molar-refractivity contribution is -0.00534. The second kappa shape index (κ2) is 10.3. The lowest BCUT2D eigenvalue weighted by Gasteiger charge is -2.57. The SMILES string of the molecule is CC(C)(C)C1=CC2=C(C1)C(C1CC3C=CC1C3)CC2(C)C1c2ccc(C34CC5CC(CC(C5)C3)C4)cc2-c2cc(C34CC5CC(CC(C5)C3)C4)ccc21. The van der Waals surface area contributed by atoms with E-state index < -0.39 is 0 Å². The summed E-state index contributed by atoms with van der Waals surface area (Å²) in [5.41, 5.74) is 16.8. The maximum absolute atomic E-state index is 2.85. The predicted octanol–water partition coefficient (Wildman–Crippen LogP) is 13.6. The van der Waals surface area contributed by atoms with E-state index in [2.05, 4.69) is 82.3 Å². The first-order valence-corrected chi connectivity index (χ1v) is 22.9. The first kappa shape index (κ1) is 31.8. The molecule has 13 aliphatic rings. The minimum Gasteiger partial charge on any atom is -0.0851 e. The van der Waals surface area contributed by atoms with Crippen molar-refractivity contribution in [3.63, 3.8) is 0 Å². The lowest BCUT2D eigenvalue weighted by atomic mass is 9.48. The van der Waals surface area contributed by atoms with Gasteiger partial charge in [-0.2, -0.15) is 0 Å². The molecule has 0 N–H and O–H groups in total. The van der Waals surface area contributed by atoms with Crippen molar-refractivity contribution in [1.82, 2.24) is 0 Å². The lowest BCUT2D eigenvalue weighted by Crippen LogP contribution is -2.48. The van der Waals surface area contributed by atoms with Gasteiger partial charge in [0.1, 0.15) is 0 Å². The molecule has 2 aromatic rings. The molecule has 0 spiro atoms. The fourth-order valence-electron chi connectivity index (χ4n) is 18.1. The molecule has 9 saturated carbocycles. The minimum absolute atomic E-state index is 0.142. The summed E-state index contributed by atoms with van der Waals surface area (Å²) in [4.78, 5) is 0. The molecular weight excluding hydrogens is 637 g/mol. The van der Waals surface area contributed by atoms with E-state index in [0.717, 1.165) is 59.2 Å². The van der Waals surface area contributed by atoms with Crippen LogP contribution in [0.3, 0.4) is 0 Å². The quantitative estimate of drug-likeness (QED) is 0.279. The van der Waals surface area contributed by atoms with Crippen LogP contribution >= 0.6 is 0 Å². The third-order valence-corrected chi connectivity index (χ3v) is 19.5. The van der Waals surface area contributed by atoms with Crippen LogP contribution < -0.4 is 0 Å². The molecular formula is C53H64. The number of hydrogen-bond donors (Lipinski definition) is 0. The van der Waals surface area contributed by atoms with E-state index in [-0.39, 0.29) is 10.8 Å². The van der Waals surface area contributed by atoms with Crippen molar-refractivity contribution in [2.75, 3.05) is 0 Å². The van der Waals surface area contributed by atoms with E-state index >= 15 is 0 Å². The van der Waals surface area contributed by atoms with Crippen LogP contribution in [0, 0.1) is 70.0 Å². The molecule has 0 aromatic heterocycles. The van der Waals surface area contributed by atoms with Gasteiger partial charge in [-0.1, -0.05) is 93.5 Å². The summed E-state index contributed by atoms with van der Waals surface area (Å²) >= 11 is 0. The van der Waals surface area contributed by atoms with Crippen LogP contribution in [-0.2, 0) is 10.8 Å². The van der Waals surface area contributed by atoms with Gasteiger partial charge >= 0.3 is 0 Å². The standard InChI is InChI=1S/C53H64/c1-50(2,3)40-21-46-47(43-18-30-5-6-37(43)17-30)29-51(4,48(46)22-40)49-41-9-7-38(52-23-31-11-32(24-52)13-33(12-31)25-52)19-44(41)45-20-39(8-10-42(45)49)53-26-34-14-35(27-53)16-36(15-34)28-53/h5-10,19-20,22,30-37,43,47,49H,11-18,21,23-29H2,1-4H3. The first-order valence-electron chi connectivity index (χ1n) is 22.9. The Labute approximate surface area is 320 Å². The monoisotopic (exact) mass is 701 g/mol. The molecule has 0 aliphatic heterocycles. The number of fused-ring (bicyclic) bond motifs is 5. The first-order chi connectivity index (χ1) is 25.5. The summed E-state index contributed by atoms with van der Waals surface area (Å²) in [6.07, 6.45) is 31.4. The molecule has 0 heterocycles. The molecule has 0 amide bonds. The normalized spacial score (nSPS) is 47.5. The number of hydrogen-bond acceptors (Lipinski definition) is 0. The van der Waals surface area contributed by atoms with E-state index in [1.807, 2.05) is 5.57 Å². The van der Waals surface area contributed by atoms with Crippen molar-refractivity contribution in [3.05, 3.63) is 93.6 Å². The third-order valence-electron chi connectivity index (χ3n) is 19.5. The van der Waals surface area contributed by atoms with Crippen molar-refractivity contribution in [2.45, 2.75) is 147 Å². The number of benzene rings is 2. The van der Waals surface area contributed by atoms with Crippen molar-refractivity contribution in [3.8, 4) is 11.1 Å². The Morgan fingerprint density at radius 3 is 1.53 bits per heavy atom. The Bertz CT molecular complexity index is 1870. The fourth-order valence-corrected chi connectivity index (χ4v) is 18.1. The highest BCUT2D eigenvalue weighted by molar-refractivity contribution is 5.82. The van der Waals surface area contributed by atoms with Crippen molar-refractivity contribution >= 4 is 0 Å². The molecule has 10 bridgehead atoms. The highest BCUT2D eigenvalue weighted by Gasteiger charge is 2.58. The zero-order chi connectivity index (χ0) is 35.2.